The monoisotopic (exact) mass is 913 g/mol. The van der Waals surface area contributed by atoms with Gasteiger partial charge in [0.2, 0.25) is 5.76 Å². The molecular formula is C45H43Cl2F2N9O6. The van der Waals surface area contributed by atoms with Crippen molar-refractivity contribution in [1.29, 1.82) is 0 Å². The summed E-state index contributed by atoms with van der Waals surface area (Å²) in [5, 5.41) is 14.5. The van der Waals surface area contributed by atoms with Crippen molar-refractivity contribution in [2.45, 2.75) is 44.8 Å². The molecule has 0 aliphatic carbocycles. The van der Waals surface area contributed by atoms with Crippen LogP contribution in [-0.4, -0.2) is 88.5 Å². The predicted octanol–water partition coefficient (Wildman–Crippen LogP) is 9.46. The first-order chi connectivity index (χ1) is 31.1. The van der Waals surface area contributed by atoms with Gasteiger partial charge in [0.15, 0.2) is 34.6 Å². The molecule has 9 rings (SSSR count). The van der Waals surface area contributed by atoms with Crippen molar-refractivity contribution in [3.63, 3.8) is 0 Å². The van der Waals surface area contributed by atoms with E-state index in [2.05, 4.69) is 41.0 Å². The molecule has 1 amide bonds. The zero-order chi connectivity index (χ0) is 44.7. The SMILES string of the molecule is COc1cc2ncnc(Nc3cccc(Cl)c3F)c2cc1OC1CCN(C(=O)c2cc(C)no2)CC1.COc1cc2ncnc(Nc3cccc(Cl)c3F)c2cc1OC1CCNCC1. The maximum absolute atomic E-state index is 14.5. The number of rotatable bonds is 11. The maximum Gasteiger partial charge on any atom is 0.292 e. The highest BCUT2D eigenvalue weighted by molar-refractivity contribution is 6.31. The molecule has 64 heavy (non-hydrogen) atoms. The van der Waals surface area contributed by atoms with Crippen LogP contribution in [-0.2, 0) is 0 Å². The number of halogens is 4. The minimum absolute atomic E-state index is 0.00678. The smallest absolute Gasteiger partial charge is 0.292 e. The summed E-state index contributed by atoms with van der Waals surface area (Å²) in [4.78, 5) is 31.5. The first-order valence-corrected chi connectivity index (χ1v) is 21.2. The Kier molecular flexibility index (Phi) is 13.7. The van der Waals surface area contributed by atoms with Crippen LogP contribution >= 0.6 is 23.2 Å². The third-order valence-corrected chi connectivity index (χ3v) is 11.3. The first kappa shape index (κ1) is 44.1. The van der Waals surface area contributed by atoms with Crippen LogP contribution in [0.4, 0.5) is 31.8 Å². The van der Waals surface area contributed by atoms with Crippen molar-refractivity contribution < 1.29 is 37.0 Å². The molecule has 0 spiro atoms. The molecule has 2 aliphatic rings. The third-order valence-electron chi connectivity index (χ3n) is 10.7. The van der Waals surface area contributed by atoms with Gasteiger partial charge in [-0.05, 0) is 69.3 Å². The van der Waals surface area contributed by atoms with Gasteiger partial charge in [0.25, 0.3) is 5.91 Å². The second-order valence-electron chi connectivity index (χ2n) is 14.9. The van der Waals surface area contributed by atoms with E-state index in [1.54, 1.807) is 74.6 Å². The molecular weight excluding hydrogens is 871 g/mol. The molecule has 2 saturated heterocycles. The highest BCUT2D eigenvalue weighted by Crippen LogP contribution is 2.38. The Morgan fingerprint density at radius 3 is 1.69 bits per heavy atom. The average Bonchev–Trinajstić information content (AvgIpc) is 3.76. The summed E-state index contributed by atoms with van der Waals surface area (Å²) in [6.45, 7) is 4.65. The predicted molar refractivity (Wildman–Crippen MR) is 239 cm³/mol. The lowest BCUT2D eigenvalue weighted by molar-refractivity contribution is 0.0554. The zero-order valence-electron chi connectivity index (χ0n) is 35.0. The number of carbonyl (C=O) groups excluding carboxylic acids is 1. The molecule has 0 atom stereocenters. The second-order valence-corrected chi connectivity index (χ2v) is 15.8. The van der Waals surface area contributed by atoms with E-state index in [4.69, 9.17) is 46.7 Å². The van der Waals surface area contributed by atoms with Crippen LogP contribution in [0.3, 0.4) is 0 Å². The molecule has 0 saturated carbocycles. The van der Waals surface area contributed by atoms with Gasteiger partial charge in [0.05, 0.1) is 52.4 Å². The van der Waals surface area contributed by atoms with Gasteiger partial charge >= 0.3 is 0 Å². The number of aromatic nitrogens is 5. The fraction of sp³-hybridized carbons (Fsp3) is 0.289. The fourth-order valence-corrected chi connectivity index (χ4v) is 7.70. The number of carbonyl (C=O) groups is 1. The fourth-order valence-electron chi connectivity index (χ4n) is 7.36. The maximum atomic E-state index is 14.5. The van der Waals surface area contributed by atoms with Crippen molar-refractivity contribution in [3.8, 4) is 23.0 Å². The quantitative estimate of drug-likeness (QED) is 0.112. The average molecular weight is 915 g/mol. The molecule has 4 aromatic carbocycles. The Hall–Kier alpha value is -6.56. The van der Waals surface area contributed by atoms with E-state index < -0.39 is 11.6 Å². The number of aryl methyl sites for hydroxylation is 1. The Bertz CT molecular complexity index is 2790. The van der Waals surface area contributed by atoms with E-state index in [9.17, 15) is 13.6 Å². The molecule has 0 bridgehead atoms. The Balaban J connectivity index is 0.000000181. The van der Waals surface area contributed by atoms with Gasteiger partial charge in [-0.1, -0.05) is 40.5 Å². The van der Waals surface area contributed by atoms with E-state index in [0.717, 1.165) is 25.9 Å². The molecule has 15 nitrogen and oxygen atoms in total. The van der Waals surface area contributed by atoms with Crippen LogP contribution < -0.4 is 34.9 Å². The van der Waals surface area contributed by atoms with Gasteiger partial charge in [-0.15, -0.1) is 0 Å². The van der Waals surface area contributed by atoms with Crippen molar-refractivity contribution in [1.82, 2.24) is 35.3 Å². The number of ether oxygens (including phenoxy) is 4. The molecule has 19 heteroatoms. The number of likely N-dealkylation sites (tertiary alicyclic amines) is 1. The Morgan fingerprint density at radius 2 is 1.22 bits per heavy atom. The summed E-state index contributed by atoms with van der Waals surface area (Å²) < 4.78 is 57.4. The third kappa shape index (κ3) is 9.96. The van der Waals surface area contributed by atoms with Crippen LogP contribution in [0.5, 0.6) is 23.0 Å². The largest absolute Gasteiger partial charge is 0.493 e. The number of nitrogens with one attached hydrogen (secondary N) is 3. The summed E-state index contributed by atoms with van der Waals surface area (Å²) in [6, 6.07) is 18.3. The number of piperidine rings is 2. The lowest BCUT2D eigenvalue weighted by atomic mass is 10.1. The van der Waals surface area contributed by atoms with E-state index in [0.29, 0.717) is 88.1 Å². The number of nitrogens with zero attached hydrogens (tertiary/aromatic N) is 6. The van der Waals surface area contributed by atoms with Crippen LogP contribution in [0.15, 0.2) is 83.9 Å². The summed E-state index contributed by atoms with van der Waals surface area (Å²) in [5.41, 5.74) is 2.36. The summed E-state index contributed by atoms with van der Waals surface area (Å²) in [5.74, 6) is 2.05. The molecule has 0 unspecified atom stereocenters. The molecule has 3 N–H and O–H groups in total. The van der Waals surface area contributed by atoms with Gasteiger partial charge < -0.3 is 44.3 Å². The van der Waals surface area contributed by atoms with E-state index in [1.165, 1.54) is 24.8 Å². The van der Waals surface area contributed by atoms with Crippen molar-refractivity contribution >= 4 is 73.9 Å². The molecule has 0 radical (unpaired) electrons. The lowest BCUT2D eigenvalue weighted by Gasteiger charge is -2.31. The number of methoxy groups -OCH3 is 2. The number of amides is 1. The number of benzene rings is 4. The van der Waals surface area contributed by atoms with Crippen molar-refractivity contribution in [2.75, 3.05) is 51.0 Å². The number of fused-ring (bicyclic) bond motifs is 2. The summed E-state index contributed by atoms with van der Waals surface area (Å²) in [6.07, 6.45) is 5.88. The van der Waals surface area contributed by atoms with Gasteiger partial charge in [0, 0.05) is 54.9 Å². The van der Waals surface area contributed by atoms with Gasteiger partial charge in [0.1, 0.15) is 36.5 Å². The highest BCUT2D eigenvalue weighted by atomic mass is 35.5. The Labute approximate surface area is 376 Å². The number of hydrogen-bond donors (Lipinski definition) is 3. The van der Waals surface area contributed by atoms with Crippen LogP contribution in [0.2, 0.25) is 10.0 Å². The molecule has 5 heterocycles. The standard InChI is InChI=1S/C25H23ClFN5O4.C20H20ClFN4O2/c1-14-10-22(36-31-14)25(33)32-8-6-15(7-9-32)35-21-11-16-19(12-20(21)34-2)28-13-29-24(16)30-18-5-3-4-17(26)23(18)27;1-27-17-10-16-13(9-18(17)28-12-5-7-23-8-6-12)20(25-11-24-16)26-15-4-2-3-14(21)19(15)22/h3-5,10-13,15H,6-9H2,1-2H3,(H,28,29,30);2-4,9-12,23H,5-8H2,1H3,(H,24,25,26). The van der Waals surface area contributed by atoms with E-state index in [1.807, 2.05) is 6.07 Å². The minimum atomic E-state index is -0.572. The minimum Gasteiger partial charge on any atom is -0.493 e. The molecule has 3 aromatic heterocycles. The summed E-state index contributed by atoms with van der Waals surface area (Å²) in [7, 11) is 3.15. The van der Waals surface area contributed by atoms with Crippen molar-refractivity contribution in [2.24, 2.45) is 0 Å². The lowest BCUT2D eigenvalue weighted by Crippen LogP contribution is -2.41. The Morgan fingerprint density at radius 1 is 0.719 bits per heavy atom. The van der Waals surface area contributed by atoms with Crippen LogP contribution in [0.1, 0.15) is 41.9 Å². The normalized spacial score (nSPS) is 14.5. The zero-order valence-corrected chi connectivity index (χ0v) is 36.5. The first-order valence-electron chi connectivity index (χ1n) is 20.4. The number of hydrogen-bond acceptors (Lipinski definition) is 14. The van der Waals surface area contributed by atoms with Gasteiger partial charge in [-0.3, -0.25) is 4.79 Å². The highest BCUT2D eigenvalue weighted by Gasteiger charge is 2.28. The van der Waals surface area contributed by atoms with Crippen LogP contribution in [0, 0.1) is 18.6 Å². The molecule has 332 valence electrons. The van der Waals surface area contributed by atoms with Gasteiger partial charge in [-0.2, -0.15) is 0 Å². The second kappa shape index (κ2) is 19.9. The summed E-state index contributed by atoms with van der Waals surface area (Å²) >= 11 is 11.8. The van der Waals surface area contributed by atoms with Gasteiger partial charge in [-0.25, -0.2) is 28.7 Å². The molecule has 7 aromatic rings. The van der Waals surface area contributed by atoms with Crippen LogP contribution in [0.25, 0.3) is 21.8 Å². The van der Waals surface area contributed by atoms with Crippen molar-refractivity contribution in [3.05, 3.63) is 113 Å². The van der Waals surface area contributed by atoms with E-state index >= 15 is 0 Å². The number of anilines is 4. The molecule has 2 fully saturated rings. The van der Waals surface area contributed by atoms with E-state index in [-0.39, 0.29) is 45.3 Å². The topological polar surface area (TPSA) is 171 Å². The molecule has 2 aliphatic heterocycles.